The van der Waals surface area contributed by atoms with E-state index < -0.39 is 22.8 Å². The number of aryl methyl sites for hydroxylation is 1. The minimum absolute atomic E-state index is 0.104. The number of hydrogen-bond acceptors (Lipinski definition) is 5. The highest BCUT2D eigenvalue weighted by atomic mass is 16.6. The van der Waals surface area contributed by atoms with Gasteiger partial charge in [0, 0.05) is 24.1 Å². The van der Waals surface area contributed by atoms with Crippen LogP contribution in [0, 0.1) is 17.0 Å². The van der Waals surface area contributed by atoms with Gasteiger partial charge >= 0.3 is 5.97 Å². The van der Waals surface area contributed by atoms with Crippen LogP contribution in [0.15, 0.2) is 48.5 Å². The number of nitrogens with zero attached hydrogens (tertiary/aromatic N) is 1. The molecule has 0 unspecified atom stereocenters. The highest BCUT2D eigenvalue weighted by molar-refractivity contribution is 5.97. The SMILES string of the molecule is COC(=O)[C@@H](Cc1cccc(C)c1)NC(=O)c1cccc([N+](=O)[O-])c1. The Balaban J connectivity index is 2.19. The number of nitrogens with one attached hydrogen (secondary N) is 1. The number of benzene rings is 2. The zero-order chi connectivity index (χ0) is 18.4. The Hall–Kier alpha value is -3.22. The fourth-order valence-electron chi connectivity index (χ4n) is 2.41. The Morgan fingerprint density at radius 1 is 1.20 bits per heavy atom. The van der Waals surface area contributed by atoms with Crippen molar-refractivity contribution in [2.75, 3.05) is 7.11 Å². The van der Waals surface area contributed by atoms with Crippen LogP contribution < -0.4 is 5.32 Å². The number of methoxy groups -OCH3 is 1. The van der Waals surface area contributed by atoms with Crippen LogP contribution in [0.3, 0.4) is 0 Å². The smallest absolute Gasteiger partial charge is 0.328 e. The Bertz CT molecular complexity index is 804. The van der Waals surface area contributed by atoms with Gasteiger partial charge in [-0.3, -0.25) is 14.9 Å². The molecule has 7 heteroatoms. The Morgan fingerprint density at radius 2 is 1.92 bits per heavy atom. The van der Waals surface area contributed by atoms with Gasteiger partial charge in [0.2, 0.25) is 0 Å². The quantitative estimate of drug-likeness (QED) is 0.494. The van der Waals surface area contributed by atoms with E-state index >= 15 is 0 Å². The second-order valence-corrected chi connectivity index (χ2v) is 5.55. The number of nitro groups is 1. The average Bonchev–Trinajstić information content (AvgIpc) is 2.60. The lowest BCUT2D eigenvalue weighted by Crippen LogP contribution is -2.43. The molecule has 0 radical (unpaired) electrons. The van der Waals surface area contributed by atoms with Gasteiger partial charge in [0.15, 0.2) is 0 Å². The van der Waals surface area contributed by atoms with E-state index in [9.17, 15) is 19.7 Å². The summed E-state index contributed by atoms with van der Waals surface area (Å²) in [6.07, 6.45) is 0.259. The second-order valence-electron chi connectivity index (χ2n) is 5.55. The van der Waals surface area contributed by atoms with Crippen molar-refractivity contribution in [2.24, 2.45) is 0 Å². The average molecular weight is 342 g/mol. The van der Waals surface area contributed by atoms with Crippen molar-refractivity contribution < 1.29 is 19.2 Å². The topological polar surface area (TPSA) is 98.5 Å². The van der Waals surface area contributed by atoms with Gasteiger partial charge in [-0.1, -0.05) is 35.9 Å². The monoisotopic (exact) mass is 342 g/mol. The van der Waals surface area contributed by atoms with Gasteiger partial charge in [-0.25, -0.2) is 4.79 Å². The number of esters is 1. The van der Waals surface area contributed by atoms with Crippen LogP contribution in [0.2, 0.25) is 0 Å². The molecule has 7 nitrogen and oxygen atoms in total. The number of nitro benzene ring substituents is 1. The minimum atomic E-state index is -0.890. The molecule has 1 atom stereocenters. The Morgan fingerprint density at radius 3 is 2.56 bits per heavy atom. The van der Waals surface area contributed by atoms with Crippen LogP contribution in [0.1, 0.15) is 21.5 Å². The largest absolute Gasteiger partial charge is 0.467 e. The van der Waals surface area contributed by atoms with Gasteiger partial charge in [-0.05, 0) is 18.6 Å². The fourth-order valence-corrected chi connectivity index (χ4v) is 2.41. The van der Waals surface area contributed by atoms with Gasteiger partial charge in [-0.2, -0.15) is 0 Å². The first-order valence-electron chi connectivity index (χ1n) is 7.59. The summed E-state index contributed by atoms with van der Waals surface area (Å²) in [6.45, 7) is 1.93. The van der Waals surface area contributed by atoms with Crippen molar-refractivity contribution in [1.82, 2.24) is 5.32 Å². The van der Waals surface area contributed by atoms with E-state index in [4.69, 9.17) is 4.74 Å². The molecule has 2 aromatic rings. The highest BCUT2D eigenvalue weighted by Gasteiger charge is 2.23. The van der Waals surface area contributed by atoms with Crippen molar-refractivity contribution in [3.63, 3.8) is 0 Å². The summed E-state index contributed by atoms with van der Waals surface area (Å²) in [5.41, 5.74) is 1.81. The third-order valence-corrected chi connectivity index (χ3v) is 3.63. The van der Waals surface area contributed by atoms with E-state index in [2.05, 4.69) is 5.32 Å². The zero-order valence-corrected chi connectivity index (χ0v) is 13.9. The maximum atomic E-state index is 12.4. The lowest BCUT2D eigenvalue weighted by Gasteiger charge is -2.17. The molecular formula is C18H18N2O5. The van der Waals surface area contributed by atoms with Crippen LogP contribution in [0.25, 0.3) is 0 Å². The van der Waals surface area contributed by atoms with E-state index in [0.717, 1.165) is 17.2 Å². The van der Waals surface area contributed by atoms with E-state index in [0.29, 0.717) is 0 Å². The maximum absolute atomic E-state index is 12.4. The number of carbonyl (C=O) groups excluding carboxylic acids is 2. The molecule has 0 fully saturated rings. The van der Waals surface area contributed by atoms with Crippen molar-refractivity contribution in [3.8, 4) is 0 Å². The van der Waals surface area contributed by atoms with Gasteiger partial charge in [0.05, 0.1) is 12.0 Å². The lowest BCUT2D eigenvalue weighted by molar-refractivity contribution is -0.384. The summed E-state index contributed by atoms with van der Waals surface area (Å²) in [7, 11) is 1.24. The number of carbonyl (C=O) groups is 2. The van der Waals surface area contributed by atoms with Gasteiger partial charge in [0.25, 0.3) is 11.6 Å². The summed E-state index contributed by atoms with van der Waals surface area (Å²) in [5, 5.41) is 13.4. The van der Waals surface area contributed by atoms with E-state index in [1.165, 1.54) is 25.3 Å². The molecule has 2 rings (SSSR count). The first-order chi connectivity index (χ1) is 11.9. The Labute approximate surface area is 144 Å². The molecule has 0 saturated carbocycles. The van der Waals surface area contributed by atoms with Crippen molar-refractivity contribution >= 4 is 17.6 Å². The highest BCUT2D eigenvalue weighted by Crippen LogP contribution is 2.14. The number of hydrogen-bond donors (Lipinski definition) is 1. The van der Waals surface area contributed by atoms with Crippen LogP contribution in [-0.4, -0.2) is 30.0 Å². The normalized spacial score (nSPS) is 11.4. The predicted octanol–water partition coefficient (Wildman–Crippen LogP) is 2.42. The molecule has 0 aliphatic heterocycles. The summed E-state index contributed by atoms with van der Waals surface area (Å²) in [5.74, 6) is -1.16. The van der Waals surface area contributed by atoms with Crippen LogP contribution in [-0.2, 0) is 16.0 Å². The van der Waals surface area contributed by atoms with E-state index in [1.807, 2.05) is 31.2 Å². The summed E-state index contributed by atoms with van der Waals surface area (Å²) in [6, 6.07) is 12.0. The molecule has 0 aliphatic rings. The number of rotatable bonds is 6. The zero-order valence-electron chi connectivity index (χ0n) is 13.9. The van der Waals surface area contributed by atoms with Gasteiger partial charge in [-0.15, -0.1) is 0 Å². The molecule has 2 aromatic carbocycles. The van der Waals surface area contributed by atoms with Crippen molar-refractivity contribution in [2.45, 2.75) is 19.4 Å². The molecule has 25 heavy (non-hydrogen) atoms. The van der Waals surface area contributed by atoms with Crippen molar-refractivity contribution in [3.05, 3.63) is 75.3 Å². The van der Waals surface area contributed by atoms with Crippen LogP contribution >= 0.6 is 0 Å². The molecule has 1 amide bonds. The molecule has 0 heterocycles. The third kappa shape index (κ3) is 4.87. The van der Waals surface area contributed by atoms with E-state index in [-0.39, 0.29) is 17.7 Å². The first kappa shape index (κ1) is 18.1. The molecule has 130 valence electrons. The van der Waals surface area contributed by atoms with E-state index in [1.54, 1.807) is 0 Å². The summed E-state index contributed by atoms with van der Waals surface area (Å²) < 4.78 is 4.75. The molecule has 0 saturated heterocycles. The third-order valence-electron chi connectivity index (χ3n) is 3.63. The van der Waals surface area contributed by atoms with Gasteiger partial charge < -0.3 is 10.1 Å². The molecule has 0 spiro atoms. The van der Waals surface area contributed by atoms with Crippen LogP contribution in [0.5, 0.6) is 0 Å². The Kier molecular flexibility index (Phi) is 5.84. The fraction of sp³-hybridized carbons (Fsp3) is 0.222. The van der Waals surface area contributed by atoms with Crippen molar-refractivity contribution in [1.29, 1.82) is 0 Å². The van der Waals surface area contributed by atoms with Gasteiger partial charge in [0.1, 0.15) is 6.04 Å². The number of ether oxygens (including phenoxy) is 1. The molecule has 0 aromatic heterocycles. The molecular weight excluding hydrogens is 324 g/mol. The predicted molar refractivity (Wildman–Crippen MR) is 91.2 cm³/mol. The molecule has 0 bridgehead atoms. The summed E-state index contributed by atoms with van der Waals surface area (Å²) >= 11 is 0. The minimum Gasteiger partial charge on any atom is -0.467 e. The standard InChI is InChI=1S/C18H18N2O5/c1-12-5-3-6-13(9-12)10-16(18(22)25-2)19-17(21)14-7-4-8-15(11-14)20(23)24/h3-9,11,16H,10H2,1-2H3,(H,19,21)/t16-/m1/s1. The second kappa shape index (κ2) is 8.05. The number of amides is 1. The lowest BCUT2D eigenvalue weighted by atomic mass is 10.0. The number of non-ortho nitro benzene ring substituents is 1. The molecule has 1 N–H and O–H groups in total. The summed E-state index contributed by atoms with van der Waals surface area (Å²) in [4.78, 5) is 34.6. The molecule has 0 aliphatic carbocycles. The first-order valence-corrected chi connectivity index (χ1v) is 7.59. The maximum Gasteiger partial charge on any atom is 0.328 e. The van der Waals surface area contributed by atoms with Crippen LogP contribution in [0.4, 0.5) is 5.69 Å².